The summed E-state index contributed by atoms with van der Waals surface area (Å²) in [5.41, 5.74) is 5.29. The van der Waals surface area contributed by atoms with Crippen LogP contribution in [0.5, 0.6) is 0 Å². The zero-order chi connectivity index (χ0) is 8.43. The van der Waals surface area contributed by atoms with Crippen molar-refractivity contribution in [3.63, 3.8) is 0 Å². The van der Waals surface area contributed by atoms with E-state index in [-0.39, 0.29) is 18.2 Å². The van der Waals surface area contributed by atoms with E-state index < -0.39 is 6.04 Å². The average Bonchev–Trinajstić information content (AvgIpc) is 2.28. The number of amides is 1. The topological polar surface area (TPSA) is 82.5 Å². The molecule has 0 aromatic heterocycles. The molecule has 0 bridgehead atoms. The largest absolute Gasteiger partial charge is 0.385 e. The van der Waals surface area contributed by atoms with Crippen LogP contribution in [0.15, 0.2) is 5.10 Å². The maximum absolute atomic E-state index is 11.0. The van der Waals surface area contributed by atoms with Gasteiger partial charge in [-0.05, 0) is 6.92 Å². The van der Waals surface area contributed by atoms with Gasteiger partial charge in [0.25, 0.3) is 5.91 Å². The molecule has 1 aliphatic heterocycles. The molecule has 1 heterocycles. The third kappa shape index (κ3) is 1.29. The normalized spacial score (nSPS) is 19.5. The van der Waals surface area contributed by atoms with Gasteiger partial charge in [0, 0.05) is 0 Å². The van der Waals surface area contributed by atoms with Gasteiger partial charge in [-0.3, -0.25) is 4.79 Å². The van der Waals surface area contributed by atoms with Gasteiger partial charge in [-0.25, -0.2) is 5.01 Å². The molecule has 1 atom stereocenters. The van der Waals surface area contributed by atoms with Crippen LogP contribution >= 0.6 is 0 Å². The zero-order valence-electron chi connectivity index (χ0n) is 6.11. The molecule has 1 aliphatic rings. The maximum atomic E-state index is 11.0. The maximum Gasteiger partial charge on any atom is 0.251 e. The molecule has 0 fully saturated rings. The molecule has 1 unspecified atom stereocenters. The number of hydrogen-bond donors (Lipinski definition) is 1. The van der Waals surface area contributed by atoms with Crippen LogP contribution in [0.1, 0.15) is 13.3 Å². The Morgan fingerprint density at radius 3 is 2.91 bits per heavy atom. The number of nitrogens with two attached hydrogens (primary N) is 1. The molecule has 58 valence electrons. The number of carbonyl (C=O) groups excluding carboxylic acids is 1. The lowest BCUT2D eigenvalue weighted by Crippen LogP contribution is -2.29. The molecule has 0 aromatic rings. The second-order valence-corrected chi connectivity index (χ2v) is 2.31. The lowest BCUT2D eigenvalue weighted by atomic mass is 10.3. The zero-order valence-corrected chi connectivity index (χ0v) is 6.11. The minimum Gasteiger partial charge on any atom is -0.385 e. The number of nitriles is 1. The van der Waals surface area contributed by atoms with Crippen molar-refractivity contribution in [2.24, 2.45) is 10.8 Å². The van der Waals surface area contributed by atoms with Crippen molar-refractivity contribution in [1.82, 2.24) is 5.01 Å². The monoisotopic (exact) mass is 152 g/mol. The molecule has 2 N–H and O–H groups in total. The van der Waals surface area contributed by atoms with Crippen LogP contribution in [-0.4, -0.2) is 22.8 Å². The van der Waals surface area contributed by atoms with Crippen molar-refractivity contribution in [3.05, 3.63) is 0 Å². The predicted molar refractivity (Wildman–Crippen MR) is 38.2 cm³/mol. The lowest BCUT2D eigenvalue weighted by molar-refractivity contribution is -0.129. The molecular formula is C6H8N4O. The van der Waals surface area contributed by atoms with Crippen molar-refractivity contribution < 1.29 is 4.79 Å². The first-order valence-corrected chi connectivity index (χ1v) is 3.19. The summed E-state index contributed by atoms with van der Waals surface area (Å²) in [6.45, 7) is 1.60. The molecule has 11 heavy (non-hydrogen) atoms. The molecule has 0 aliphatic carbocycles. The molecule has 1 rings (SSSR count). The number of rotatable bonds is 1. The summed E-state index contributed by atoms with van der Waals surface area (Å²) in [4.78, 5) is 11.0. The van der Waals surface area contributed by atoms with Gasteiger partial charge in [-0.2, -0.15) is 10.4 Å². The van der Waals surface area contributed by atoms with Gasteiger partial charge < -0.3 is 5.73 Å². The van der Waals surface area contributed by atoms with Crippen molar-refractivity contribution in [1.29, 1.82) is 5.26 Å². The van der Waals surface area contributed by atoms with E-state index in [1.165, 1.54) is 0 Å². The minimum atomic E-state index is -0.524. The van der Waals surface area contributed by atoms with Crippen LogP contribution in [0.2, 0.25) is 0 Å². The Kier molecular flexibility index (Phi) is 1.77. The van der Waals surface area contributed by atoms with Crippen molar-refractivity contribution >= 4 is 11.7 Å². The lowest BCUT2D eigenvalue weighted by Gasteiger charge is -2.12. The van der Waals surface area contributed by atoms with Crippen LogP contribution in [0.4, 0.5) is 0 Å². The van der Waals surface area contributed by atoms with Gasteiger partial charge in [0.15, 0.2) is 0 Å². The molecule has 0 spiro atoms. The van der Waals surface area contributed by atoms with E-state index in [2.05, 4.69) is 5.10 Å². The molecular weight excluding hydrogens is 144 g/mol. The van der Waals surface area contributed by atoms with E-state index in [0.29, 0.717) is 0 Å². The first kappa shape index (κ1) is 7.54. The number of hydrogen-bond acceptors (Lipinski definition) is 4. The average molecular weight is 152 g/mol. The van der Waals surface area contributed by atoms with Gasteiger partial charge in [-0.15, -0.1) is 0 Å². The smallest absolute Gasteiger partial charge is 0.251 e. The third-order valence-electron chi connectivity index (χ3n) is 1.38. The van der Waals surface area contributed by atoms with E-state index in [4.69, 9.17) is 11.0 Å². The Morgan fingerprint density at radius 1 is 1.91 bits per heavy atom. The molecule has 1 amide bonds. The Labute approximate surface area is 64.1 Å². The number of hydrazone groups is 1. The Bertz CT molecular complexity index is 252. The van der Waals surface area contributed by atoms with E-state index in [9.17, 15) is 4.79 Å². The molecule has 5 heteroatoms. The summed E-state index contributed by atoms with van der Waals surface area (Å²) in [6.07, 6.45) is 0.131. The molecule has 5 nitrogen and oxygen atoms in total. The highest BCUT2D eigenvalue weighted by atomic mass is 16.2. The highest BCUT2D eigenvalue weighted by molar-refractivity contribution is 6.03. The fourth-order valence-corrected chi connectivity index (χ4v) is 0.823. The molecule has 0 saturated heterocycles. The van der Waals surface area contributed by atoms with Gasteiger partial charge in [0.2, 0.25) is 0 Å². The fourth-order valence-electron chi connectivity index (χ4n) is 0.823. The second-order valence-electron chi connectivity index (χ2n) is 2.31. The van der Waals surface area contributed by atoms with E-state index in [1.807, 2.05) is 6.07 Å². The van der Waals surface area contributed by atoms with Crippen molar-refractivity contribution in [2.75, 3.05) is 0 Å². The van der Waals surface area contributed by atoms with E-state index >= 15 is 0 Å². The molecule has 0 radical (unpaired) electrons. The minimum absolute atomic E-state index is 0.131. The summed E-state index contributed by atoms with van der Waals surface area (Å²) >= 11 is 0. The SMILES string of the molecule is CC(C#N)N1N=C(N)CC1=O. The summed E-state index contributed by atoms with van der Waals surface area (Å²) < 4.78 is 0. The van der Waals surface area contributed by atoms with E-state index in [1.54, 1.807) is 6.92 Å². The summed E-state index contributed by atoms with van der Waals surface area (Å²) in [5.74, 6) is 0.0636. The highest BCUT2D eigenvalue weighted by Gasteiger charge is 2.25. The van der Waals surface area contributed by atoms with Crippen LogP contribution in [-0.2, 0) is 4.79 Å². The Morgan fingerprint density at radius 2 is 2.55 bits per heavy atom. The standard InChI is InChI=1S/C6H8N4O/c1-4(3-7)10-6(11)2-5(8)9-10/h4H,2H2,1H3,(H2,8,9). The van der Waals surface area contributed by atoms with Crippen LogP contribution in [0.25, 0.3) is 0 Å². The first-order chi connectivity index (χ1) is 5.15. The highest BCUT2D eigenvalue weighted by Crippen LogP contribution is 2.08. The van der Waals surface area contributed by atoms with Crippen LogP contribution in [0.3, 0.4) is 0 Å². The Hall–Kier alpha value is -1.57. The predicted octanol–water partition coefficient (Wildman–Crippen LogP) is -0.597. The van der Waals surface area contributed by atoms with Crippen LogP contribution in [0, 0.1) is 11.3 Å². The van der Waals surface area contributed by atoms with Crippen molar-refractivity contribution in [2.45, 2.75) is 19.4 Å². The summed E-state index contributed by atoms with van der Waals surface area (Å²) in [7, 11) is 0. The van der Waals surface area contributed by atoms with Gasteiger partial charge in [0.05, 0.1) is 12.5 Å². The number of amidine groups is 1. The summed E-state index contributed by atoms with van der Waals surface area (Å²) in [5, 5.41) is 13.2. The third-order valence-corrected chi connectivity index (χ3v) is 1.38. The number of carbonyl (C=O) groups is 1. The molecule has 0 aromatic carbocycles. The van der Waals surface area contributed by atoms with E-state index in [0.717, 1.165) is 5.01 Å². The molecule has 0 saturated carbocycles. The quantitative estimate of drug-likeness (QED) is 0.544. The fraction of sp³-hybridized carbons (Fsp3) is 0.500. The van der Waals surface area contributed by atoms with Crippen LogP contribution < -0.4 is 5.73 Å². The van der Waals surface area contributed by atoms with Crippen molar-refractivity contribution in [3.8, 4) is 6.07 Å². The Balaban J connectivity index is 2.75. The van der Waals surface area contributed by atoms with Gasteiger partial charge >= 0.3 is 0 Å². The first-order valence-electron chi connectivity index (χ1n) is 3.19. The second kappa shape index (κ2) is 2.58. The number of nitrogens with zero attached hydrogens (tertiary/aromatic N) is 3. The van der Waals surface area contributed by atoms with Gasteiger partial charge in [-0.1, -0.05) is 0 Å². The van der Waals surface area contributed by atoms with Gasteiger partial charge in [0.1, 0.15) is 11.9 Å². The summed E-state index contributed by atoms with van der Waals surface area (Å²) in [6, 6.07) is 1.38.